The summed E-state index contributed by atoms with van der Waals surface area (Å²) in [7, 11) is 1.95. The van der Waals surface area contributed by atoms with Crippen LogP contribution in [0.4, 0.5) is 0 Å². The molecule has 0 aliphatic rings. The Kier molecular flexibility index (Phi) is 4.79. The number of rotatable bonds is 5. The van der Waals surface area contributed by atoms with Gasteiger partial charge in [0.05, 0.1) is 11.8 Å². The molecule has 0 spiro atoms. The first-order chi connectivity index (χ1) is 7.49. The molecule has 0 aliphatic carbocycles. The number of aliphatic hydroxyl groups is 1. The van der Waals surface area contributed by atoms with Crippen molar-refractivity contribution in [3.8, 4) is 0 Å². The van der Waals surface area contributed by atoms with Gasteiger partial charge in [0.25, 0.3) is 0 Å². The number of aliphatic hydroxyl groups excluding tert-OH is 1. The van der Waals surface area contributed by atoms with Gasteiger partial charge in [-0.1, -0.05) is 12.2 Å². The van der Waals surface area contributed by atoms with Crippen molar-refractivity contribution in [2.45, 2.75) is 19.6 Å². The Morgan fingerprint density at radius 1 is 1.69 bits per heavy atom. The minimum atomic E-state index is -0.332. The van der Waals surface area contributed by atoms with Crippen LogP contribution in [0.5, 0.6) is 0 Å². The topological polar surface area (TPSA) is 62.4 Å². The smallest absolute Gasteiger partial charge is 0.122 e. The lowest BCUT2D eigenvalue weighted by molar-refractivity contribution is 0.138. The number of thiocarbonyl (C=S) groups is 1. The van der Waals surface area contributed by atoms with Crippen LogP contribution in [0.2, 0.25) is 0 Å². The third-order valence-electron chi connectivity index (χ3n) is 2.11. The van der Waals surface area contributed by atoms with Crippen molar-refractivity contribution < 1.29 is 5.11 Å². The summed E-state index contributed by atoms with van der Waals surface area (Å²) in [6.45, 7) is 3.14. The molecule has 1 atom stereocenters. The van der Waals surface area contributed by atoms with Gasteiger partial charge in [0, 0.05) is 19.3 Å². The lowest BCUT2D eigenvalue weighted by Gasteiger charge is -2.18. The zero-order valence-electron chi connectivity index (χ0n) is 9.55. The highest BCUT2D eigenvalue weighted by Crippen LogP contribution is 2.05. The molecule has 5 heteroatoms. The van der Waals surface area contributed by atoms with E-state index in [1.54, 1.807) is 13.1 Å². The molecule has 4 nitrogen and oxygen atoms in total. The van der Waals surface area contributed by atoms with Gasteiger partial charge in [-0.15, -0.1) is 0 Å². The maximum Gasteiger partial charge on any atom is 0.122 e. The zero-order valence-corrected chi connectivity index (χ0v) is 10.4. The summed E-state index contributed by atoms with van der Waals surface area (Å²) in [5.41, 5.74) is 7.23. The van der Waals surface area contributed by atoms with Gasteiger partial charge >= 0.3 is 0 Å². The SMILES string of the molecule is CC(O)CN(C)Cc1ccnc(C(N)=S)c1. The first kappa shape index (κ1) is 13.0. The molecule has 0 amide bonds. The van der Waals surface area contributed by atoms with Crippen LogP contribution < -0.4 is 5.73 Å². The average molecular weight is 239 g/mol. The Hall–Kier alpha value is -1.04. The molecule has 16 heavy (non-hydrogen) atoms. The summed E-state index contributed by atoms with van der Waals surface area (Å²) in [6.07, 6.45) is 1.36. The molecule has 1 unspecified atom stereocenters. The quantitative estimate of drug-likeness (QED) is 0.734. The van der Waals surface area contributed by atoms with Gasteiger partial charge in [-0.2, -0.15) is 0 Å². The molecular formula is C11H17N3OS. The molecule has 1 aromatic heterocycles. The molecule has 0 aliphatic heterocycles. The monoisotopic (exact) mass is 239 g/mol. The lowest BCUT2D eigenvalue weighted by atomic mass is 10.2. The van der Waals surface area contributed by atoms with Gasteiger partial charge in [0.2, 0.25) is 0 Å². The molecule has 0 radical (unpaired) electrons. The Morgan fingerprint density at radius 2 is 2.38 bits per heavy atom. The second-order valence-electron chi connectivity index (χ2n) is 3.96. The molecule has 0 saturated carbocycles. The summed E-state index contributed by atoms with van der Waals surface area (Å²) in [5, 5.41) is 9.25. The van der Waals surface area contributed by atoms with E-state index in [0.717, 1.165) is 12.1 Å². The molecular weight excluding hydrogens is 222 g/mol. The van der Waals surface area contributed by atoms with E-state index in [1.807, 2.05) is 24.1 Å². The van der Waals surface area contributed by atoms with Crippen molar-refractivity contribution in [2.24, 2.45) is 5.73 Å². The molecule has 3 N–H and O–H groups in total. The number of hydrogen-bond donors (Lipinski definition) is 2. The van der Waals surface area contributed by atoms with Crippen molar-refractivity contribution in [2.75, 3.05) is 13.6 Å². The van der Waals surface area contributed by atoms with Gasteiger partial charge < -0.3 is 10.8 Å². The second-order valence-corrected chi connectivity index (χ2v) is 4.40. The van der Waals surface area contributed by atoms with Crippen LogP contribution >= 0.6 is 12.2 Å². The Bertz CT molecular complexity index is 368. The molecule has 1 aromatic rings. The van der Waals surface area contributed by atoms with Crippen LogP contribution in [-0.2, 0) is 6.54 Å². The Balaban J connectivity index is 2.66. The van der Waals surface area contributed by atoms with Gasteiger partial charge in [-0.05, 0) is 31.7 Å². The van der Waals surface area contributed by atoms with E-state index in [0.29, 0.717) is 17.2 Å². The van der Waals surface area contributed by atoms with E-state index < -0.39 is 0 Å². The average Bonchev–Trinajstić information content (AvgIpc) is 2.16. The molecule has 88 valence electrons. The van der Waals surface area contributed by atoms with E-state index in [9.17, 15) is 5.11 Å². The summed E-state index contributed by atoms with van der Waals surface area (Å²) >= 11 is 4.87. The predicted molar refractivity (Wildman–Crippen MR) is 68.1 cm³/mol. The standard InChI is InChI=1S/C11H17N3OS/c1-8(15)6-14(2)7-9-3-4-13-10(5-9)11(12)16/h3-5,8,15H,6-7H2,1-2H3,(H2,12,16). The maximum atomic E-state index is 9.25. The number of nitrogens with zero attached hydrogens (tertiary/aromatic N) is 2. The van der Waals surface area contributed by atoms with Crippen molar-refractivity contribution in [1.29, 1.82) is 0 Å². The molecule has 0 bridgehead atoms. The zero-order chi connectivity index (χ0) is 12.1. The van der Waals surface area contributed by atoms with Crippen molar-refractivity contribution >= 4 is 17.2 Å². The third-order valence-corrected chi connectivity index (χ3v) is 2.31. The Morgan fingerprint density at radius 3 is 2.94 bits per heavy atom. The first-order valence-corrected chi connectivity index (χ1v) is 5.51. The van der Waals surface area contributed by atoms with E-state index in [2.05, 4.69) is 4.98 Å². The normalized spacial score (nSPS) is 12.8. The van der Waals surface area contributed by atoms with Gasteiger partial charge in [0.15, 0.2) is 0 Å². The second kappa shape index (κ2) is 5.89. The summed E-state index contributed by atoms with van der Waals surface area (Å²) < 4.78 is 0. The first-order valence-electron chi connectivity index (χ1n) is 5.10. The lowest BCUT2D eigenvalue weighted by Crippen LogP contribution is -2.27. The van der Waals surface area contributed by atoms with Crippen LogP contribution in [0.1, 0.15) is 18.2 Å². The number of aromatic nitrogens is 1. The fraction of sp³-hybridized carbons (Fsp3) is 0.455. The van der Waals surface area contributed by atoms with Crippen LogP contribution in [0, 0.1) is 0 Å². The molecule has 0 aromatic carbocycles. The molecule has 1 rings (SSSR count). The van der Waals surface area contributed by atoms with Crippen molar-refractivity contribution in [3.63, 3.8) is 0 Å². The largest absolute Gasteiger partial charge is 0.392 e. The fourth-order valence-electron chi connectivity index (χ4n) is 1.53. The van der Waals surface area contributed by atoms with Crippen molar-refractivity contribution in [1.82, 2.24) is 9.88 Å². The number of likely N-dealkylation sites (N-methyl/N-ethyl adjacent to an activating group) is 1. The number of pyridine rings is 1. The fourth-order valence-corrected chi connectivity index (χ4v) is 1.65. The van der Waals surface area contributed by atoms with Gasteiger partial charge in [-0.3, -0.25) is 9.88 Å². The van der Waals surface area contributed by atoms with Gasteiger partial charge in [0.1, 0.15) is 4.99 Å². The highest BCUT2D eigenvalue weighted by molar-refractivity contribution is 7.80. The number of nitrogens with two attached hydrogens (primary N) is 1. The van der Waals surface area contributed by atoms with E-state index in [1.165, 1.54) is 0 Å². The van der Waals surface area contributed by atoms with Gasteiger partial charge in [-0.25, -0.2) is 0 Å². The summed E-state index contributed by atoms with van der Waals surface area (Å²) in [4.78, 5) is 6.41. The minimum Gasteiger partial charge on any atom is -0.392 e. The van der Waals surface area contributed by atoms with Crippen molar-refractivity contribution in [3.05, 3.63) is 29.6 Å². The molecule has 0 fully saturated rings. The van der Waals surface area contributed by atoms with E-state index in [-0.39, 0.29) is 6.10 Å². The van der Waals surface area contributed by atoms with Crippen LogP contribution in [0.3, 0.4) is 0 Å². The highest BCUT2D eigenvalue weighted by Gasteiger charge is 2.05. The van der Waals surface area contributed by atoms with Crippen LogP contribution in [-0.4, -0.2) is 39.7 Å². The van der Waals surface area contributed by atoms with E-state index in [4.69, 9.17) is 18.0 Å². The number of hydrogen-bond acceptors (Lipinski definition) is 4. The molecule has 0 saturated heterocycles. The van der Waals surface area contributed by atoms with Crippen LogP contribution in [0.15, 0.2) is 18.3 Å². The molecule has 1 heterocycles. The Labute approximate surface area is 101 Å². The van der Waals surface area contributed by atoms with E-state index >= 15 is 0 Å². The predicted octanol–water partition coefficient (Wildman–Crippen LogP) is 0.528. The third kappa shape index (κ3) is 4.22. The minimum absolute atomic E-state index is 0.306. The summed E-state index contributed by atoms with van der Waals surface area (Å²) in [5.74, 6) is 0. The maximum absolute atomic E-state index is 9.25. The van der Waals surface area contributed by atoms with Crippen LogP contribution in [0.25, 0.3) is 0 Å². The highest BCUT2D eigenvalue weighted by atomic mass is 32.1. The summed E-state index contributed by atoms with van der Waals surface area (Å²) in [6, 6.07) is 3.79.